The van der Waals surface area contributed by atoms with E-state index >= 15 is 0 Å². The Morgan fingerprint density at radius 3 is 2.88 bits per heavy atom. The highest BCUT2D eigenvalue weighted by Gasteiger charge is 2.18. The molecule has 1 amide bonds. The second-order valence-electron chi connectivity index (χ2n) is 5.82. The predicted octanol–water partition coefficient (Wildman–Crippen LogP) is 4.37. The van der Waals surface area contributed by atoms with E-state index in [0.717, 1.165) is 27.2 Å². The first-order valence-corrected chi connectivity index (χ1v) is 9.24. The molecule has 26 heavy (non-hydrogen) atoms. The Morgan fingerprint density at radius 2 is 2.12 bits per heavy atom. The Labute approximate surface area is 159 Å². The van der Waals surface area contributed by atoms with Crippen LogP contribution in [0.5, 0.6) is 0 Å². The molecule has 7 heteroatoms. The fraction of sp³-hybridized carbons (Fsp3) is 0.105. The van der Waals surface area contributed by atoms with Crippen LogP contribution in [0, 0.1) is 6.92 Å². The highest BCUT2D eigenvalue weighted by molar-refractivity contribution is 7.20. The molecule has 0 radical (unpaired) electrons. The number of fused-ring (bicyclic) bond motifs is 1. The van der Waals surface area contributed by atoms with Gasteiger partial charge in [-0.3, -0.25) is 9.78 Å². The van der Waals surface area contributed by atoms with E-state index in [1.165, 1.54) is 11.3 Å². The van der Waals surface area contributed by atoms with Crippen LogP contribution in [0.2, 0.25) is 5.02 Å². The van der Waals surface area contributed by atoms with Gasteiger partial charge in [0.2, 0.25) is 0 Å². The minimum absolute atomic E-state index is 0.111. The first-order chi connectivity index (χ1) is 12.6. The summed E-state index contributed by atoms with van der Waals surface area (Å²) in [6.07, 6.45) is 3.45. The third kappa shape index (κ3) is 3.09. The third-order valence-corrected chi connectivity index (χ3v) is 5.45. The number of nitrogens with zero attached hydrogens (tertiary/aromatic N) is 3. The number of aryl methyl sites for hydroxylation is 1. The Morgan fingerprint density at radius 1 is 1.27 bits per heavy atom. The second-order valence-corrected chi connectivity index (χ2v) is 7.26. The van der Waals surface area contributed by atoms with E-state index in [1.54, 1.807) is 17.1 Å². The number of hydrogen-bond donors (Lipinski definition) is 1. The van der Waals surface area contributed by atoms with Gasteiger partial charge in [0.25, 0.3) is 5.91 Å². The van der Waals surface area contributed by atoms with Crippen molar-refractivity contribution < 1.29 is 4.79 Å². The van der Waals surface area contributed by atoms with E-state index in [-0.39, 0.29) is 5.91 Å². The highest BCUT2D eigenvalue weighted by atomic mass is 35.5. The fourth-order valence-corrected chi connectivity index (χ4v) is 4.03. The number of halogens is 1. The number of carbonyl (C=O) groups excluding carboxylic acids is 1. The first kappa shape index (κ1) is 16.8. The Bertz CT molecular complexity index is 1090. The fourth-order valence-electron chi connectivity index (χ4n) is 2.72. The summed E-state index contributed by atoms with van der Waals surface area (Å²) in [6, 6.07) is 13.2. The van der Waals surface area contributed by atoms with Crippen molar-refractivity contribution in [1.29, 1.82) is 0 Å². The Balaban J connectivity index is 1.65. The van der Waals surface area contributed by atoms with E-state index in [9.17, 15) is 4.79 Å². The third-order valence-electron chi connectivity index (χ3n) is 4.02. The van der Waals surface area contributed by atoms with Crippen molar-refractivity contribution in [3.8, 4) is 5.69 Å². The van der Waals surface area contributed by atoms with E-state index in [0.29, 0.717) is 16.4 Å². The number of hydrogen-bond acceptors (Lipinski definition) is 4. The number of rotatable bonds is 4. The lowest BCUT2D eigenvalue weighted by molar-refractivity contribution is 0.0955. The average Bonchev–Trinajstić information content (AvgIpc) is 3.22. The summed E-state index contributed by atoms with van der Waals surface area (Å²) in [5, 5.41) is 9.09. The molecule has 130 valence electrons. The van der Waals surface area contributed by atoms with Crippen LogP contribution in [0.25, 0.3) is 15.9 Å². The van der Waals surface area contributed by atoms with Gasteiger partial charge in [0.1, 0.15) is 4.83 Å². The maximum atomic E-state index is 12.5. The summed E-state index contributed by atoms with van der Waals surface area (Å²) >= 11 is 7.72. The van der Waals surface area contributed by atoms with Crippen LogP contribution >= 0.6 is 22.9 Å². The Hall–Kier alpha value is -2.70. The van der Waals surface area contributed by atoms with Gasteiger partial charge < -0.3 is 5.32 Å². The summed E-state index contributed by atoms with van der Waals surface area (Å²) in [5.74, 6) is -0.111. The molecule has 4 aromatic rings. The molecule has 0 aliphatic heterocycles. The second kappa shape index (κ2) is 6.90. The van der Waals surface area contributed by atoms with Gasteiger partial charge in [0.05, 0.1) is 21.3 Å². The summed E-state index contributed by atoms with van der Waals surface area (Å²) < 4.78 is 1.80. The maximum Gasteiger partial charge on any atom is 0.261 e. The van der Waals surface area contributed by atoms with Crippen LogP contribution < -0.4 is 5.32 Å². The van der Waals surface area contributed by atoms with Crippen LogP contribution in [0.4, 0.5) is 0 Å². The molecule has 3 heterocycles. The van der Waals surface area contributed by atoms with Crippen LogP contribution in [-0.4, -0.2) is 20.7 Å². The van der Waals surface area contributed by atoms with Crippen LogP contribution in [0.15, 0.2) is 54.9 Å². The van der Waals surface area contributed by atoms with Crippen molar-refractivity contribution in [3.05, 3.63) is 76.0 Å². The summed E-state index contributed by atoms with van der Waals surface area (Å²) in [4.78, 5) is 18.1. The molecule has 0 spiro atoms. The van der Waals surface area contributed by atoms with Gasteiger partial charge in [-0.1, -0.05) is 29.8 Å². The lowest BCUT2D eigenvalue weighted by atomic mass is 10.2. The molecule has 0 aliphatic rings. The van der Waals surface area contributed by atoms with Gasteiger partial charge in [-0.05, 0) is 36.8 Å². The summed E-state index contributed by atoms with van der Waals surface area (Å²) in [7, 11) is 0. The zero-order chi connectivity index (χ0) is 18.1. The normalized spacial score (nSPS) is 11.0. The van der Waals surface area contributed by atoms with Crippen molar-refractivity contribution in [2.75, 3.05) is 0 Å². The largest absolute Gasteiger partial charge is 0.347 e. The van der Waals surface area contributed by atoms with Gasteiger partial charge in [-0.25, -0.2) is 4.68 Å². The monoisotopic (exact) mass is 382 g/mol. The lowest BCUT2D eigenvalue weighted by Crippen LogP contribution is -2.21. The standard InChI is InChI=1S/C19H15ClN4OS/c1-12-14-9-17(18(25)22-11-13-5-4-8-21-10-13)26-19(14)24(23-12)16-7-3-2-6-15(16)20/h2-10H,11H2,1H3,(H,22,25). The molecule has 1 N–H and O–H groups in total. The van der Waals surface area contributed by atoms with Crippen LogP contribution in [0.3, 0.4) is 0 Å². The minimum Gasteiger partial charge on any atom is -0.347 e. The predicted molar refractivity (Wildman–Crippen MR) is 104 cm³/mol. The topological polar surface area (TPSA) is 59.8 Å². The van der Waals surface area contributed by atoms with E-state index in [1.807, 2.05) is 49.4 Å². The zero-order valence-electron chi connectivity index (χ0n) is 13.9. The zero-order valence-corrected chi connectivity index (χ0v) is 15.5. The number of amides is 1. The first-order valence-electron chi connectivity index (χ1n) is 8.04. The molecule has 0 saturated heterocycles. The van der Waals surface area contributed by atoms with Crippen molar-refractivity contribution in [1.82, 2.24) is 20.1 Å². The van der Waals surface area contributed by atoms with Crippen LogP contribution in [0.1, 0.15) is 20.9 Å². The summed E-state index contributed by atoms with van der Waals surface area (Å²) in [5.41, 5.74) is 2.62. The molecule has 0 aliphatic carbocycles. The molecule has 0 fully saturated rings. The van der Waals surface area contributed by atoms with Crippen molar-refractivity contribution >= 4 is 39.1 Å². The van der Waals surface area contributed by atoms with E-state index in [4.69, 9.17) is 11.6 Å². The number of thiophene rings is 1. The molecule has 1 aromatic carbocycles. The van der Waals surface area contributed by atoms with Gasteiger partial charge >= 0.3 is 0 Å². The SMILES string of the molecule is Cc1nn(-c2ccccc2Cl)c2sc(C(=O)NCc3cccnc3)cc12. The highest BCUT2D eigenvalue weighted by Crippen LogP contribution is 2.32. The average molecular weight is 383 g/mol. The Kier molecular flexibility index (Phi) is 4.44. The van der Waals surface area contributed by atoms with Gasteiger partial charge in [-0.15, -0.1) is 11.3 Å². The van der Waals surface area contributed by atoms with Crippen LogP contribution in [-0.2, 0) is 6.54 Å². The number of carbonyl (C=O) groups is 1. The molecule has 0 saturated carbocycles. The molecule has 0 bridgehead atoms. The molecule has 5 nitrogen and oxygen atoms in total. The molecular formula is C19H15ClN4OS. The number of aromatic nitrogens is 3. The number of nitrogens with one attached hydrogen (secondary N) is 1. The van der Waals surface area contributed by atoms with E-state index in [2.05, 4.69) is 15.4 Å². The smallest absolute Gasteiger partial charge is 0.261 e. The van der Waals surface area contributed by atoms with E-state index < -0.39 is 0 Å². The molecule has 0 atom stereocenters. The van der Waals surface area contributed by atoms with Gasteiger partial charge in [-0.2, -0.15) is 5.10 Å². The van der Waals surface area contributed by atoms with Gasteiger partial charge in [0, 0.05) is 24.3 Å². The minimum atomic E-state index is -0.111. The number of para-hydroxylation sites is 1. The molecule has 4 rings (SSSR count). The quantitative estimate of drug-likeness (QED) is 0.570. The number of benzene rings is 1. The van der Waals surface area contributed by atoms with Gasteiger partial charge in [0.15, 0.2) is 0 Å². The van der Waals surface area contributed by atoms with Crippen molar-refractivity contribution in [2.45, 2.75) is 13.5 Å². The summed E-state index contributed by atoms with van der Waals surface area (Å²) in [6.45, 7) is 2.37. The molecular weight excluding hydrogens is 368 g/mol. The maximum absolute atomic E-state index is 12.5. The van der Waals surface area contributed by atoms with Crippen molar-refractivity contribution in [3.63, 3.8) is 0 Å². The molecule has 3 aromatic heterocycles. The lowest BCUT2D eigenvalue weighted by Gasteiger charge is -2.05. The number of pyridine rings is 1. The van der Waals surface area contributed by atoms with Crippen molar-refractivity contribution in [2.24, 2.45) is 0 Å². The molecule has 0 unspecified atom stereocenters.